The summed E-state index contributed by atoms with van der Waals surface area (Å²) in [6, 6.07) is 0. The van der Waals surface area contributed by atoms with Crippen LogP contribution in [0.1, 0.15) is 33.1 Å². The molecule has 0 aliphatic rings. The maximum Gasteiger partial charge on any atom is 0.136 e. The number of aliphatic hydroxyl groups is 1. The van der Waals surface area contributed by atoms with Gasteiger partial charge in [0.25, 0.3) is 0 Å². The summed E-state index contributed by atoms with van der Waals surface area (Å²) >= 11 is 0. The van der Waals surface area contributed by atoms with Crippen LogP contribution in [0.2, 0.25) is 0 Å². The summed E-state index contributed by atoms with van der Waals surface area (Å²) in [4.78, 5) is 0.249. The summed E-state index contributed by atoms with van der Waals surface area (Å²) in [6.45, 7) is 5.63. The summed E-state index contributed by atoms with van der Waals surface area (Å²) < 4.78 is 0.0505. The number of unbranched alkanes of at least 4 members (excludes halogenated alkanes) is 2. The Bertz CT molecular complexity index is 193. The van der Waals surface area contributed by atoms with Gasteiger partial charge in [-0.2, -0.15) is 0 Å². The highest BCUT2D eigenvalue weighted by Gasteiger charge is 2.32. The number of nitrogens with zero attached hydrogens (tertiary/aromatic N) is 3. The molecule has 0 aromatic heterocycles. The summed E-state index contributed by atoms with van der Waals surface area (Å²) in [6.07, 6.45) is 2.42. The lowest BCUT2D eigenvalue weighted by molar-refractivity contribution is -1.33. The molecule has 0 atom stereocenters. The van der Waals surface area contributed by atoms with Crippen molar-refractivity contribution < 1.29 is 14.7 Å². The second-order valence-corrected chi connectivity index (χ2v) is 3.57. The molecule has 0 aliphatic carbocycles. The van der Waals surface area contributed by atoms with Gasteiger partial charge >= 0.3 is 0 Å². The molecule has 90 valence electrons. The molecule has 6 nitrogen and oxygen atoms in total. The van der Waals surface area contributed by atoms with Gasteiger partial charge in [-0.15, -0.1) is 0 Å². The van der Waals surface area contributed by atoms with E-state index in [9.17, 15) is 10.4 Å². The highest BCUT2D eigenvalue weighted by atomic mass is 16.6. The van der Waals surface area contributed by atoms with Gasteiger partial charge < -0.3 is 15.5 Å². The number of aliphatic hydroxyl groups excluding tert-OH is 1. The van der Waals surface area contributed by atoms with Crippen molar-refractivity contribution in [2.24, 2.45) is 5.28 Å². The van der Waals surface area contributed by atoms with Gasteiger partial charge in [0, 0.05) is 18.3 Å². The molecule has 0 rings (SSSR count). The topological polar surface area (TPSA) is 81.7 Å². The fourth-order valence-corrected chi connectivity index (χ4v) is 1.64. The summed E-state index contributed by atoms with van der Waals surface area (Å²) in [5.41, 5.74) is 0. The van der Waals surface area contributed by atoms with Crippen molar-refractivity contribution >= 4 is 0 Å². The minimum atomic E-state index is 0.0505. The summed E-state index contributed by atoms with van der Waals surface area (Å²) in [5, 5.41) is 32.7. The van der Waals surface area contributed by atoms with Crippen LogP contribution >= 0.6 is 0 Å². The molecule has 0 radical (unpaired) electrons. The van der Waals surface area contributed by atoms with Gasteiger partial charge in [0.2, 0.25) is 0 Å². The average Bonchev–Trinajstić information content (AvgIpc) is 2.29. The minimum Gasteiger partial charge on any atom is -0.735 e. The highest BCUT2D eigenvalue weighted by molar-refractivity contribution is 4.39. The lowest BCUT2D eigenvalue weighted by atomic mass is 10.2. The van der Waals surface area contributed by atoms with Gasteiger partial charge in [-0.3, -0.25) is 0 Å². The quantitative estimate of drug-likeness (QED) is 0.220. The zero-order valence-electron chi connectivity index (χ0n) is 9.56. The van der Waals surface area contributed by atoms with Gasteiger partial charge in [-0.25, -0.2) is 0 Å². The zero-order valence-corrected chi connectivity index (χ0v) is 9.56. The normalized spacial score (nSPS) is 13.1. The van der Waals surface area contributed by atoms with Crippen molar-refractivity contribution in [3.63, 3.8) is 0 Å². The third-order valence-corrected chi connectivity index (χ3v) is 2.84. The Labute approximate surface area is 90.5 Å². The van der Waals surface area contributed by atoms with Crippen LogP contribution in [0, 0.1) is 10.4 Å². The molecule has 0 fully saturated rings. The van der Waals surface area contributed by atoms with E-state index in [1.54, 1.807) is 0 Å². The predicted molar refractivity (Wildman–Crippen MR) is 56.6 cm³/mol. The maximum atomic E-state index is 11.3. The monoisotopic (exact) mass is 219 g/mol. The van der Waals surface area contributed by atoms with Crippen molar-refractivity contribution in [3.8, 4) is 0 Å². The third-order valence-electron chi connectivity index (χ3n) is 2.84. The van der Waals surface area contributed by atoms with Crippen LogP contribution in [0.4, 0.5) is 0 Å². The van der Waals surface area contributed by atoms with Crippen LogP contribution in [0.25, 0.3) is 0 Å². The van der Waals surface area contributed by atoms with Crippen molar-refractivity contribution in [2.45, 2.75) is 33.1 Å². The van der Waals surface area contributed by atoms with E-state index in [0.717, 1.165) is 19.3 Å². The van der Waals surface area contributed by atoms with Gasteiger partial charge in [-0.05, 0) is 26.7 Å². The van der Waals surface area contributed by atoms with Crippen LogP contribution in [0.3, 0.4) is 0 Å². The van der Waals surface area contributed by atoms with E-state index < -0.39 is 0 Å². The predicted octanol–water partition coefficient (Wildman–Crippen LogP) is 1.38. The van der Waals surface area contributed by atoms with E-state index in [1.807, 2.05) is 13.8 Å². The second kappa shape index (κ2) is 7.42. The Morgan fingerprint density at radius 2 is 1.80 bits per heavy atom. The Morgan fingerprint density at radius 3 is 2.20 bits per heavy atom. The minimum absolute atomic E-state index is 0.0505. The van der Waals surface area contributed by atoms with E-state index in [0.29, 0.717) is 19.6 Å². The molecule has 0 saturated heterocycles. The van der Waals surface area contributed by atoms with Crippen molar-refractivity contribution in [1.29, 1.82) is 0 Å². The van der Waals surface area contributed by atoms with Crippen LogP contribution in [0.5, 0.6) is 0 Å². The van der Waals surface area contributed by atoms with Crippen LogP contribution in [0.15, 0.2) is 5.28 Å². The van der Waals surface area contributed by atoms with E-state index in [4.69, 9.17) is 5.11 Å². The molecule has 0 aliphatic heterocycles. The van der Waals surface area contributed by atoms with E-state index in [2.05, 4.69) is 5.28 Å². The largest absolute Gasteiger partial charge is 0.735 e. The fourth-order valence-electron chi connectivity index (χ4n) is 1.64. The van der Waals surface area contributed by atoms with Gasteiger partial charge in [-0.1, -0.05) is 4.59 Å². The molecule has 0 spiro atoms. The van der Waals surface area contributed by atoms with Crippen LogP contribution in [-0.2, 0) is 0 Å². The van der Waals surface area contributed by atoms with Crippen LogP contribution < -0.4 is 0 Å². The maximum absolute atomic E-state index is 11.3. The van der Waals surface area contributed by atoms with E-state index in [-0.39, 0.29) is 16.2 Å². The average molecular weight is 219 g/mol. The Balaban J connectivity index is 4.25. The van der Waals surface area contributed by atoms with Crippen molar-refractivity contribution in [1.82, 2.24) is 0 Å². The summed E-state index contributed by atoms with van der Waals surface area (Å²) in [5.74, 6) is 0. The molecule has 1 N–H and O–H groups in total. The van der Waals surface area contributed by atoms with Crippen LogP contribution in [-0.4, -0.2) is 40.9 Å². The SMILES string of the molecule is CC[N+](CC)(CCCCCO)[N+]([O-])=N[O-]. The first kappa shape index (κ1) is 14.1. The third kappa shape index (κ3) is 4.01. The lowest BCUT2D eigenvalue weighted by Gasteiger charge is -2.28. The second-order valence-electron chi connectivity index (χ2n) is 3.57. The Morgan fingerprint density at radius 1 is 1.20 bits per heavy atom. The Kier molecular flexibility index (Phi) is 6.98. The number of quaternary nitrogens is 1. The molecule has 0 heterocycles. The number of rotatable bonds is 8. The molecule has 6 heteroatoms. The summed E-state index contributed by atoms with van der Waals surface area (Å²) in [7, 11) is 0. The highest BCUT2D eigenvalue weighted by Crippen LogP contribution is 2.11. The molecule has 0 saturated carbocycles. The smallest absolute Gasteiger partial charge is 0.136 e. The molecule has 0 aromatic rings. The first-order valence-corrected chi connectivity index (χ1v) is 5.44. The van der Waals surface area contributed by atoms with Crippen molar-refractivity contribution in [3.05, 3.63) is 10.4 Å². The molecule has 15 heavy (non-hydrogen) atoms. The number of hydrogen-bond donors (Lipinski definition) is 1. The molecular weight excluding hydrogens is 198 g/mol. The molecule has 0 bridgehead atoms. The first-order valence-electron chi connectivity index (χ1n) is 5.44. The van der Waals surface area contributed by atoms with Gasteiger partial charge in [0.1, 0.15) is 24.6 Å². The zero-order chi connectivity index (χ0) is 11.7. The van der Waals surface area contributed by atoms with E-state index >= 15 is 0 Å². The van der Waals surface area contributed by atoms with Crippen molar-refractivity contribution in [2.75, 3.05) is 26.2 Å². The lowest BCUT2D eigenvalue weighted by Crippen LogP contribution is -2.53. The molecule has 0 amide bonds. The number of hydrogen-bond acceptors (Lipinski definition) is 4. The molecular formula is C9H21N3O3. The standard InChI is InChI=1S/C9H21N3O3/c1-3-12(4-2,11(15)10-14)8-6-5-7-9-13/h13H,3-9H2,1-2H3. The fraction of sp³-hybridized carbons (Fsp3) is 1.00. The first-order chi connectivity index (χ1) is 7.16. The Hall–Kier alpha value is -0.880. The van der Waals surface area contributed by atoms with Gasteiger partial charge in [0.15, 0.2) is 0 Å². The molecule has 0 aromatic carbocycles. The van der Waals surface area contributed by atoms with E-state index in [1.165, 1.54) is 0 Å². The molecule has 0 unspecified atom stereocenters. The van der Waals surface area contributed by atoms with Gasteiger partial charge in [0.05, 0.1) is 0 Å².